The molecule has 31 heavy (non-hydrogen) atoms. The van der Waals surface area contributed by atoms with Crippen LogP contribution in [0, 0.1) is 0 Å². The number of benzene rings is 1. The number of anilines is 1. The predicted octanol–water partition coefficient (Wildman–Crippen LogP) is 2.93. The molecule has 1 aromatic carbocycles. The molecule has 0 bridgehead atoms. The molecule has 1 aliphatic carbocycles. The van der Waals surface area contributed by atoms with Gasteiger partial charge in [0.1, 0.15) is 0 Å². The summed E-state index contributed by atoms with van der Waals surface area (Å²) in [7, 11) is 0. The van der Waals surface area contributed by atoms with E-state index in [-0.39, 0.29) is 29.6 Å². The number of fused-ring (bicyclic) bond motifs is 2. The second-order valence-electron chi connectivity index (χ2n) is 9.83. The van der Waals surface area contributed by atoms with E-state index in [4.69, 9.17) is 4.98 Å². The van der Waals surface area contributed by atoms with Gasteiger partial charge in [0.05, 0.1) is 40.3 Å². The van der Waals surface area contributed by atoms with Crippen molar-refractivity contribution in [3.63, 3.8) is 0 Å². The zero-order valence-electron chi connectivity index (χ0n) is 18.2. The number of carbonyl (C=O) groups excluding carboxylic acids is 1. The summed E-state index contributed by atoms with van der Waals surface area (Å²) >= 11 is 0. The minimum Gasteiger partial charge on any atom is -0.388 e. The summed E-state index contributed by atoms with van der Waals surface area (Å²) in [6, 6.07) is 7.21. The number of hydrogen-bond acceptors (Lipinski definition) is 5. The van der Waals surface area contributed by atoms with Crippen LogP contribution >= 0.6 is 0 Å². The first kappa shape index (κ1) is 19.8. The summed E-state index contributed by atoms with van der Waals surface area (Å²) in [5, 5.41) is 17.2. The zero-order valence-corrected chi connectivity index (χ0v) is 18.2. The summed E-state index contributed by atoms with van der Waals surface area (Å²) in [5.41, 5.74) is 2.19. The topological polar surface area (TPSA) is 112 Å². The molecule has 0 radical (unpaired) electrons. The van der Waals surface area contributed by atoms with Crippen LogP contribution in [0.5, 0.6) is 0 Å². The maximum atomic E-state index is 13.5. The van der Waals surface area contributed by atoms with Gasteiger partial charge in [0.15, 0.2) is 0 Å². The van der Waals surface area contributed by atoms with Crippen molar-refractivity contribution in [3.05, 3.63) is 45.9 Å². The van der Waals surface area contributed by atoms with Gasteiger partial charge in [0, 0.05) is 16.8 Å². The van der Waals surface area contributed by atoms with Gasteiger partial charge in [-0.25, -0.2) is 4.98 Å². The second-order valence-corrected chi connectivity index (χ2v) is 9.83. The number of amides is 1. The van der Waals surface area contributed by atoms with Crippen molar-refractivity contribution in [3.8, 4) is 11.3 Å². The van der Waals surface area contributed by atoms with Crippen LogP contribution in [0.25, 0.3) is 22.2 Å². The molecule has 8 nitrogen and oxygen atoms in total. The normalized spacial score (nSPS) is 19.4. The first-order valence-electron chi connectivity index (χ1n) is 10.6. The van der Waals surface area contributed by atoms with Crippen molar-refractivity contribution in [2.24, 2.45) is 0 Å². The van der Waals surface area contributed by atoms with Crippen molar-refractivity contribution in [2.45, 2.75) is 64.3 Å². The lowest BCUT2D eigenvalue weighted by Crippen LogP contribution is -2.35. The molecule has 3 aromatic rings. The van der Waals surface area contributed by atoms with Crippen LogP contribution in [0.15, 0.2) is 29.1 Å². The number of nitrogens with one attached hydrogen (secondary N) is 3. The number of carbonyl (C=O) groups is 1. The number of hydrogen-bond donors (Lipinski definition) is 4. The van der Waals surface area contributed by atoms with Gasteiger partial charge in [-0.1, -0.05) is 12.1 Å². The fourth-order valence-electron chi connectivity index (χ4n) is 4.13. The number of H-pyrrole nitrogens is 1. The number of rotatable bonds is 4. The molecule has 2 aliphatic rings. The molecule has 3 heterocycles. The highest BCUT2D eigenvalue weighted by Crippen LogP contribution is 2.38. The number of aromatic nitrogens is 3. The third-order valence-corrected chi connectivity index (χ3v) is 5.91. The van der Waals surface area contributed by atoms with E-state index in [0.717, 1.165) is 17.0 Å². The molecule has 5 rings (SSSR count). The standard InChI is InChI=1S/C23H27N5O3/c1-12-17-15(19(29)24-12)10-16(25-17)13-6-5-7-14-18(13)26-21(27-22(2,3)4)28(20(14)30)11-23(31)8-9-23/h5-7,10,12,25,31H,8-9,11H2,1-4H3,(H,24,29)(H,26,27)/t12-/m1/s1. The molecule has 2 aromatic heterocycles. The van der Waals surface area contributed by atoms with Crippen LogP contribution in [-0.2, 0) is 6.54 Å². The molecule has 162 valence electrons. The van der Waals surface area contributed by atoms with Crippen LogP contribution in [0.4, 0.5) is 5.95 Å². The average molecular weight is 422 g/mol. The van der Waals surface area contributed by atoms with Gasteiger partial charge in [0.2, 0.25) is 5.95 Å². The number of nitrogens with zero attached hydrogens (tertiary/aromatic N) is 2. The summed E-state index contributed by atoms with van der Waals surface area (Å²) in [4.78, 5) is 33.9. The van der Waals surface area contributed by atoms with E-state index in [0.29, 0.717) is 35.3 Å². The number of aliphatic hydroxyl groups is 1. The quantitative estimate of drug-likeness (QED) is 0.518. The van der Waals surface area contributed by atoms with Gasteiger partial charge in [-0.05, 0) is 52.7 Å². The van der Waals surface area contributed by atoms with Crippen LogP contribution in [0.2, 0.25) is 0 Å². The predicted molar refractivity (Wildman–Crippen MR) is 119 cm³/mol. The highest BCUT2D eigenvalue weighted by Gasteiger charge is 2.41. The largest absolute Gasteiger partial charge is 0.388 e. The maximum absolute atomic E-state index is 13.5. The smallest absolute Gasteiger partial charge is 0.262 e. The third kappa shape index (κ3) is 3.40. The van der Waals surface area contributed by atoms with Crippen molar-refractivity contribution in [2.75, 3.05) is 5.32 Å². The summed E-state index contributed by atoms with van der Waals surface area (Å²) in [5.74, 6) is 0.330. The Morgan fingerprint density at radius 1 is 1.26 bits per heavy atom. The van der Waals surface area contributed by atoms with Crippen LogP contribution in [0.3, 0.4) is 0 Å². The monoisotopic (exact) mass is 421 g/mol. The van der Waals surface area contributed by atoms with Gasteiger partial charge in [-0.15, -0.1) is 0 Å². The molecule has 1 aliphatic heterocycles. The minimum atomic E-state index is -0.838. The molecule has 4 N–H and O–H groups in total. The Bertz CT molecular complexity index is 1280. The third-order valence-electron chi connectivity index (χ3n) is 5.91. The molecule has 1 amide bonds. The van der Waals surface area contributed by atoms with Crippen molar-refractivity contribution in [1.29, 1.82) is 0 Å². The van der Waals surface area contributed by atoms with Crippen molar-refractivity contribution in [1.82, 2.24) is 19.9 Å². The maximum Gasteiger partial charge on any atom is 0.262 e. The fourth-order valence-corrected chi connectivity index (χ4v) is 4.13. The lowest BCUT2D eigenvalue weighted by atomic mass is 10.1. The molecule has 0 spiro atoms. The van der Waals surface area contributed by atoms with E-state index in [2.05, 4.69) is 15.6 Å². The lowest BCUT2D eigenvalue weighted by molar-refractivity contribution is 0.0958. The lowest BCUT2D eigenvalue weighted by Gasteiger charge is -2.25. The Hall–Kier alpha value is -3.13. The molecular weight excluding hydrogens is 394 g/mol. The molecule has 0 saturated heterocycles. The zero-order chi connectivity index (χ0) is 22.1. The highest BCUT2D eigenvalue weighted by atomic mass is 16.3. The number of aromatic amines is 1. The first-order chi connectivity index (χ1) is 14.5. The van der Waals surface area contributed by atoms with E-state index in [1.807, 2.05) is 45.9 Å². The van der Waals surface area contributed by atoms with E-state index in [9.17, 15) is 14.7 Å². The number of para-hydroxylation sites is 1. The van der Waals surface area contributed by atoms with Crippen LogP contribution in [-0.4, -0.2) is 36.7 Å². The minimum absolute atomic E-state index is 0.0891. The Balaban J connectivity index is 1.71. The van der Waals surface area contributed by atoms with Gasteiger partial charge in [-0.3, -0.25) is 14.2 Å². The van der Waals surface area contributed by atoms with Crippen LogP contribution < -0.4 is 16.2 Å². The highest BCUT2D eigenvalue weighted by molar-refractivity contribution is 6.01. The average Bonchev–Trinajstić information content (AvgIpc) is 3.14. The Morgan fingerprint density at radius 2 is 2.00 bits per heavy atom. The molecule has 8 heteroatoms. The van der Waals surface area contributed by atoms with Crippen molar-refractivity contribution < 1.29 is 9.90 Å². The van der Waals surface area contributed by atoms with E-state index >= 15 is 0 Å². The fraction of sp³-hybridized carbons (Fsp3) is 0.435. The summed E-state index contributed by atoms with van der Waals surface area (Å²) in [6.07, 6.45) is 1.36. The summed E-state index contributed by atoms with van der Waals surface area (Å²) in [6.45, 7) is 8.15. The Labute approximate surface area is 179 Å². The van der Waals surface area contributed by atoms with Gasteiger partial charge in [0.25, 0.3) is 11.5 Å². The SMILES string of the molecule is C[C@H]1NC(=O)c2cc(-c3cccc4c(=O)n(CC5(O)CC5)c(NC(C)(C)C)nc34)[nH]c21. The molecule has 1 fully saturated rings. The molecule has 1 atom stereocenters. The van der Waals surface area contributed by atoms with Crippen molar-refractivity contribution >= 4 is 22.8 Å². The molecule has 1 saturated carbocycles. The van der Waals surface area contributed by atoms with Gasteiger partial charge >= 0.3 is 0 Å². The Morgan fingerprint density at radius 3 is 2.65 bits per heavy atom. The van der Waals surface area contributed by atoms with E-state index in [1.165, 1.54) is 0 Å². The van der Waals surface area contributed by atoms with Crippen LogP contribution in [0.1, 0.15) is 62.6 Å². The van der Waals surface area contributed by atoms with E-state index < -0.39 is 5.60 Å². The van der Waals surface area contributed by atoms with Gasteiger partial charge < -0.3 is 20.7 Å². The second kappa shape index (κ2) is 6.43. The summed E-state index contributed by atoms with van der Waals surface area (Å²) < 4.78 is 1.55. The molecule has 0 unspecified atom stereocenters. The Kier molecular flexibility index (Phi) is 4.11. The first-order valence-corrected chi connectivity index (χ1v) is 10.6. The van der Waals surface area contributed by atoms with E-state index in [1.54, 1.807) is 10.6 Å². The van der Waals surface area contributed by atoms with Gasteiger partial charge in [-0.2, -0.15) is 0 Å². The molecular formula is C23H27N5O3.